The Morgan fingerprint density at radius 1 is 1.29 bits per heavy atom. The van der Waals surface area contributed by atoms with Crippen molar-refractivity contribution in [1.82, 2.24) is 25.0 Å². The Morgan fingerprint density at radius 3 is 2.82 bits per heavy atom. The van der Waals surface area contributed by atoms with Crippen molar-refractivity contribution >= 4 is 22.2 Å². The number of carbonyl (C=O) groups is 1. The van der Waals surface area contributed by atoms with Crippen LogP contribution in [0.2, 0.25) is 0 Å². The van der Waals surface area contributed by atoms with E-state index in [1.807, 2.05) is 29.2 Å². The number of carbonyl (C=O) groups excluding carboxylic acids is 1. The second-order valence-corrected chi connectivity index (χ2v) is 12.7. The van der Waals surface area contributed by atoms with Gasteiger partial charge in [0, 0.05) is 41.4 Å². The first-order valence-corrected chi connectivity index (χ1v) is 13.6. The van der Waals surface area contributed by atoms with Crippen molar-refractivity contribution in [2.45, 2.75) is 52.0 Å². The largest absolute Gasteiger partial charge is 0.318 e. The lowest BCUT2D eigenvalue weighted by Crippen LogP contribution is -2.29. The van der Waals surface area contributed by atoms with E-state index in [1.165, 1.54) is 0 Å². The predicted molar refractivity (Wildman–Crippen MR) is 132 cm³/mol. The van der Waals surface area contributed by atoms with E-state index in [-0.39, 0.29) is 23.3 Å². The molecule has 0 radical (unpaired) electrons. The highest BCUT2D eigenvalue weighted by Crippen LogP contribution is 2.49. The molecule has 0 aromatic carbocycles. The zero-order valence-electron chi connectivity index (χ0n) is 19.6. The molecule has 1 amide bonds. The fourth-order valence-corrected chi connectivity index (χ4v) is 6.78. The third-order valence-corrected chi connectivity index (χ3v) is 8.90. The molecule has 0 bridgehead atoms. The molecule has 1 saturated heterocycles. The van der Waals surface area contributed by atoms with Crippen molar-refractivity contribution in [2.75, 3.05) is 16.8 Å². The number of hydrogen-bond donors (Lipinski definition) is 4. The molecule has 1 fully saturated rings. The minimum atomic E-state index is -2.48. The summed E-state index contributed by atoms with van der Waals surface area (Å²) in [7, 11) is -2.48. The van der Waals surface area contributed by atoms with E-state index in [4.69, 9.17) is 0 Å². The minimum absolute atomic E-state index is 0.102. The van der Waals surface area contributed by atoms with Crippen LogP contribution in [0.15, 0.2) is 36.9 Å². The van der Waals surface area contributed by atoms with E-state index in [9.17, 15) is 13.9 Å². The normalized spacial score (nSPS) is 21.4. The average Bonchev–Trinajstić information content (AvgIpc) is 3.42. The summed E-state index contributed by atoms with van der Waals surface area (Å²) < 4.78 is 22.0. The summed E-state index contributed by atoms with van der Waals surface area (Å²) in [5.41, 5.74) is 4.35. The average molecular weight is 485 g/mol. The highest BCUT2D eigenvalue weighted by molar-refractivity contribution is 8.24. The van der Waals surface area contributed by atoms with Crippen LogP contribution in [-0.2, 0) is 12.8 Å². The number of nitrogens with zero attached hydrogens (tertiary/aromatic N) is 4. The summed E-state index contributed by atoms with van der Waals surface area (Å²) in [4.78, 5) is 17.3. The number of H-pyrrole nitrogens is 1. The van der Waals surface area contributed by atoms with Gasteiger partial charge in [-0.15, -0.1) is 0 Å². The molecule has 0 saturated carbocycles. The number of rotatable bonds is 5. The van der Waals surface area contributed by atoms with Gasteiger partial charge in [0.15, 0.2) is 5.69 Å². The van der Waals surface area contributed by atoms with Crippen LogP contribution in [0.1, 0.15) is 66.5 Å². The van der Waals surface area contributed by atoms with E-state index in [1.54, 1.807) is 12.4 Å². The number of pyridine rings is 1. The highest BCUT2D eigenvalue weighted by atomic mass is 32.3. The summed E-state index contributed by atoms with van der Waals surface area (Å²) in [6.45, 7) is 4.47. The molecule has 3 aromatic rings. The van der Waals surface area contributed by atoms with Crippen LogP contribution in [0.5, 0.6) is 0 Å². The molecule has 9 nitrogen and oxygen atoms in total. The Kier molecular flexibility index (Phi) is 5.99. The highest BCUT2D eigenvalue weighted by Gasteiger charge is 2.33. The Hall–Kier alpha value is -2.69. The smallest absolute Gasteiger partial charge is 0.276 e. The van der Waals surface area contributed by atoms with Crippen LogP contribution < -0.4 is 5.32 Å². The number of anilines is 1. The van der Waals surface area contributed by atoms with Gasteiger partial charge in [0.1, 0.15) is 0 Å². The Morgan fingerprint density at radius 2 is 2.09 bits per heavy atom. The van der Waals surface area contributed by atoms with Gasteiger partial charge >= 0.3 is 0 Å². The Balaban J connectivity index is 1.35. The topological polar surface area (TPSA) is 129 Å². The molecular weight excluding hydrogens is 452 g/mol. The zero-order chi connectivity index (χ0) is 23.9. The third kappa shape index (κ3) is 4.75. The molecule has 0 spiro atoms. The van der Waals surface area contributed by atoms with Gasteiger partial charge in [-0.2, -0.15) is 20.8 Å². The fraction of sp³-hybridized carbons (Fsp3) is 0.500. The summed E-state index contributed by atoms with van der Waals surface area (Å²) in [5, 5.41) is 14.9. The Bertz CT molecular complexity index is 1160. The molecule has 10 heteroatoms. The lowest BCUT2D eigenvalue weighted by molar-refractivity contribution is 0.102. The molecule has 4 N–H and O–H groups in total. The molecule has 3 aromatic heterocycles. The summed E-state index contributed by atoms with van der Waals surface area (Å²) >= 11 is 0. The summed E-state index contributed by atoms with van der Waals surface area (Å²) in [5.74, 6) is 0.761. The number of aromatic nitrogens is 5. The molecule has 4 heterocycles. The lowest BCUT2D eigenvalue weighted by atomic mass is 9.76. The van der Waals surface area contributed by atoms with Crippen molar-refractivity contribution in [3.8, 4) is 0 Å². The maximum absolute atomic E-state index is 13.0. The van der Waals surface area contributed by atoms with Gasteiger partial charge in [-0.3, -0.25) is 28.7 Å². The molecule has 5 rings (SSSR count). The molecule has 1 atom stereocenters. The molecular formula is C24H32N6O3S. The summed E-state index contributed by atoms with van der Waals surface area (Å²) in [6.07, 6.45) is 11.2. The van der Waals surface area contributed by atoms with Crippen molar-refractivity contribution in [3.63, 3.8) is 0 Å². The van der Waals surface area contributed by atoms with Gasteiger partial charge in [-0.25, -0.2) is 0 Å². The minimum Gasteiger partial charge on any atom is -0.318 e. The fourth-order valence-electron chi connectivity index (χ4n) is 5.21. The molecule has 1 aliphatic heterocycles. The molecule has 1 unspecified atom stereocenters. The number of amides is 1. The van der Waals surface area contributed by atoms with Crippen molar-refractivity contribution < 1.29 is 13.9 Å². The summed E-state index contributed by atoms with van der Waals surface area (Å²) in [6, 6.07) is 3.81. The second-order valence-electron chi connectivity index (χ2n) is 10.3. The van der Waals surface area contributed by atoms with E-state index in [0.717, 1.165) is 36.1 Å². The van der Waals surface area contributed by atoms with Crippen LogP contribution in [0, 0.1) is 11.3 Å². The van der Waals surface area contributed by atoms with Gasteiger partial charge in [-0.05, 0) is 55.1 Å². The predicted octanol–water partition coefficient (Wildman–Crippen LogP) is 4.52. The van der Waals surface area contributed by atoms with Crippen molar-refractivity contribution in [1.29, 1.82) is 0 Å². The van der Waals surface area contributed by atoms with Crippen molar-refractivity contribution in [3.05, 3.63) is 59.4 Å². The quantitative estimate of drug-likeness (QED) is 0.421. The van der Waals surface area contributed by atoms with E-state index in [0.29, 0.717) is 35.7 Å². The maximum Gasteiger partial charge on any atom is 0.276 e. The lowest BCUT2D eigenvalue weighted by Gasteiger charge is -2.41. The molecule has 182 valence electrons. The van der Waals surface area contributed by atoms with Crippen molar-refractivity contribution in [2.24, 2.45) is 11.3 Å². The van der Waals surface area contributed by atoms with Gasteiger partial charge in [0.2, 0.25) is 0 Å². The van der Waals surface area contributed by atoms with Gasteiger partial charge in [-0.1, -0.05) is 19.9 Å². The third-order valence-electron chi connectivity index (χ3n) is 7.12. The molecule has 1 aliphatic carbocycles. The van der Waals surface area contributed by atoms with Crippen LogP contribution in [0.25, 0.3) is 0 Å². The van der Waals surface area contributed by atoms with Crippen LogP contribution in [0.4, 0.5) is 5.69 Å². The first-order chi connectivity index (χ1) is 16.2. The SMILES string of the molecule is CC1(C)CCc2c(C(=O)Nc3cnn(C(c4cccnc4)C4CCS(O)(O)CC4)c3)n[nH]c2C1. The standard InChI is InChI=1S/C24H32N6O3S/c1-24(2)8-5-19-20(12-24)28-29-21(19)23(31)27-18-14-26-30(15-18)22(17-4-3-9-25-13-17)16-6-10-34(32,33)11-7-16/h3-4,9,13-16,22,32-33H,5-8,10-12H2,1-2H3,(H,27,31)(H,28,29). The van der Waals surface area contributed by atoms with Crippen LogP contribution in [-0.4, -0.2) is 51.5 Å². The Labute approximate surface area is 200 Å². The van der Waals surface area contributed by atoms with Gasteiger partial charge in [0.25, 0.3) is 5.91 Å². The zero-order valence-corrected chi connectivity index (χ0v) is 20.4. The maximum atomic E-state index is 13.0. The van der Waals surface area contributed by atoms with Crippen LogP contribution in [0.3, 0.4) is 0 Å². The van der Waals surface area contributed by atoms with E-state index in [2.05, 4.69) is 39.4 Å². The number of fused-ring (bicyclic) bond motifs is 1. The molecule has 2 aliphatic rings. The number of aromatic amines is 1. The first kappa shape index (κ1) is 23.1. The van der Waals surface area contributed by atoms with Crippen LogP contribution >= 0.6 is 10.6 Å². The van der Waals surface area contributed by atoms with E-state index < -0.39 is 10.6 Å². The first-order valence-electron chi connectivity index (χ1n) is 11.8. The second kappa shape index (κ2) is 8.83. The number of hydrogen-bond acceptors (Lipinski definition) is 6. The molecule has 34 heavy (non-hydrogen) atoms. The number of nitrogens with one attached hydrogen (secondary N) is 2. The van der Waals surface area contributed by atoms with Gasteiger partial charge in [0.05, 0.1) is 17.9 Å². The van der Waals surface area contributed by atoms with E-state index >= 15 is 0 Å². The van der Waals surface area contributed by atoms with Gasteiger partial charge < -0.3 is 5.32 Å². The monoisotopic (exact) mass is 484 g/mol.